The molecule has 0 atom stereocenters. The van der Waals surface area contributed by atoms with E-state index in [2.05, 4.69) is 0 Å². The van der Waals surface area contributed by atoms with E-state index < -0.39 is 11.8 Å². The quantitative estimate of drug-likeness (QED) is 0.232. The highest BCUT2D eigenvalue weighted by atomic mass is 16.6. The largest absolute Gasteiger partial charge is 0.457 e. The summed E-state index contributed by atoms with van der Waals surface area (Å²) in [7, 11) is 0. The van der Waals surface area contributed by atoms with Gasteiger partial charge < -0.3 is 9.47 Å². The Hall–Kier alpha value is -3.32. The van der Waals surface area contributed by atoms with E-state index in [4.69, 9.17) is 9.47 Å². The third-order valence-corrected chi connectivity index (χ3v) is 4.02. The fraction of sp³-hybridized carbons (Fsp3) is 0.200. The molecule has 0 N–H and O–H groups in total. The number of rotatable bonds is 8. The van der Waals surface area contributed by atoms with E-state index in [9.17, 15) is 19.2 Å². The minimum absolute atomic E-state index is 0.0526. The number of hydrogen-bond donors (Lipinski definition) is 0. The molecule has 27 heavy (non-hydrogen) atoms. The van der Waals surface area contributed by atoms with Gasteiger partial charge >= 0.3 is 5.97 Å². The predicted octanol–water partition coefficient (Wildman–Crippen LogP) is 1.73. The molecule has 1 aliphatic heterocycles. The molecule has 2 aromatic carbocycles. The van der Waals surface area contributed by atoms with Crippen molar-refractivity contribution in [1.82, 2.24) is 4.90 Å². The number of carbonyl (C=O) groups excluding carboxylic acids is 4. The van der Waals surface area contributed by atoms with Gasteiger partial charge in [0.1, 0.15) is 6.61 Å². The lowest BCUT2D eigenvalue weighted by atomic mass is 10.1. The number of hydrogen-bond acceptors (Lipinski definition) is 6. The summed E-state index contributed by atoms with van der Waals surface area (Å²) in [5.41, 5.74) is 1.03. The molecular formula is C20H17NO6. The van der Waals surface area contributed by atoms with E-state index >= 15 is 0 Å². The Kier molecular flexibility index (Phi) is 5.73. The van der Waals surface area contributed by atoms with E-state index in [0.29, 0.717) is 11.1 Å². The van der Waals surface area contributed by atoms with Gasteiger partial charge in [-0.1, -0.05) is 42.5 Å². The van der Waals surface area contributed by atoms with Crippen LogP contribution in [0.5, 0.6) is 0 Å². The number of benzene rings is 2. The molecule has 0 aromatic heterocycles. The molecule has 2 amide bonds. The highest BCUT2D eigenvalue weighted by Crippen LogP contribution is 2.21. The summed E-state index contributed by atoms with van der Waals surface area (Å²) in [6, 6.07) is 14.7. The second-order valence-electron chi connectivity index (χ2n) is 5.75. The van der Waals surface area contributed by atoms with Crippen molar-refractivity contribution in [1.29, 1.82) is 0 Å². The molecule has 0 aliphatic carbocycles. The van der Waals surface area contributed by atoms with Gasteiger partial charge in [0.25, 0.3) is 17.6 Å². The molecule has 1 heterocycles. The molecule has 0 saturated carbocycles. The highest BCUT2D eigenvalue weighted by molar-refractivity contribution is 6.40. The summed E-state index contributed by atoms with van der Waals surface area (Å²) in [4.78, 5) is 49.0. The number of amides is 2. The van der Waals surface area contributed by atoms with Crippen LogP contribution in [0.15, 0.2) is 54.6 Å². The van der Waals surface area contributed by atoms with Crippen LogP contribution in [0, 0.1) is 0 Å². The first-order chi connectivity index (χ1) is 13.1. The highest BCUT2D eigenvalue weighted by Gasteiger charge is 2.34. The smallest absolute Gasteiger partial charge is 0.379 e. The van der Waals surface area contributed by atoms with E-state index in [0.717, 1.165) is 4.90 Å². The minimum atomic E-state index is -0.954. The van der Waals surface area contributed by atoms with Gasteiger partial charge in [-0.15, -0.1) is 0 Å². The third-order valence-electron chi connectivity index (χ3n) is 4.02. The Balaban J connectivity index is 1.37. The van der Waals surface area contributed by atoms with Crippen molar-refractivity contribution in [2.24, 2.45) is 0 Å². The van der Waals surface area contributed by atoms with Crippen LogP contribution >= 0.6 is 0 Å². The van der Waals surface area contributed by atoms with E-state index in [1.165, 1.54) is 12.1 Å². The number of fused-ring (bicyclic) bond motifs is 1. The van der Waals surface area contributed by atoms with E-state index in [-0.39, 0.29) is 43.7 Å². The molecule has 2 aromatic rings. The van der Waals surface area contributed by atoms with Crippen LogP contribution in [-0.2, 0) is 14.3 Å². The monoisotopic (exact) mass is 367 g/mol. The molecule has 0 fully saturated rings. The summed E-state index contributed by atoms with van der Waals surface area (Å²) in [6.07, 6.45) is 0. The Morgan fingerprint density at radius 3 is 2.00 bits per heavy atom. The maximum atomic E-state index is 12.2. The van der Waals surface area contributed by atoms with Crippen molar-refractivity contribution in [2.75, 3.05) is 26.4 Å². The van der Waals surface area contributed by atoms with Crippen LogP contribution in [0.25, 0.3) is 0 Å². The van der Waals surface area contributed by atoms with Gasteiger partial charge in [0, 0.05) is 5.56 Å². The van der Waals surface area contributed by atoms with Crippen LogP contribution in [0.1, 0.15) is 31.1 Å². The molecule has 7 heteroatoms. The third kappa shape index (κ3) is 4.09. The number of ether oxygens (including phenoxy) is 2. The number of imide groups is 1. The fourth-order valence-electron chi connectivity index (χ4n) is 2.67. The lowest BCUT2D eigenvalue weighted by Crippen LogP contribution is -2.33. The zero-order valence-electron chi connectivity index (χ0n) is 14.4. The van der Waals surface area contributed by atoms with Crippen LogP contribution in [0.3, 0.4) is 0 Å². The lowest BCUT2D eigenvalue weighted by molar-refractivity contribution is -0.139. The number of esters is 1. The molecule has 138 valence electrons. The van der Waals surface area contributed by atoms with Crippen molar-refractivity contribution in [2.45, 2.75) is 0 Å². The standard InChI is InChI=1S/C20H17NO6/c22-17(14-6-2-1-3-7-14)20(25)27-13-12-26-11-10-21-18(23)15-8-4-5-9-16(15)19(21)24/h1-9H,10-13H2. The fourth-order valence-corrected chi connectivity index (χ4v) is 2.67. The Bertz CT molecular complexity index is 842. The molecule has 0 radical (unpaired) electrons. The molecule has 0 unspecified atom stereocenters. The zero-order chi connectivity index (χ0) is 19.2. The average molecular weight is 367 g/mol. The molecule has 7 nitrogen and oxygen atoms in total. The van der Waals surface area contributed by atoms with Crippen molar-refractivity contribution >= 4 is 23.6 Å². The van der Waals surface area contributed by atoms with Crippen molar-refractivity contribution in [3.63, 3.8) is 0 Å². The molecule has 0 bridgehead atoms. The van der Waals surface area contributed by atoms with Crippen LogP contribution < -0.4 is 0 Å². The molecule has 0 saturated heterocycles. The van der Waals surface area contributed by atoms with Crippen molar-refractivity contribution in [3.8, 4) is 0 Å². The molecule has 0 spiro atoms. The normalized spacial score (nSPS) is 12.8. The molecule has 1 aliphatic rings. The van der Waals surface area contributed by atoms with Gasteiger partial charge in [-0.3, -0.25) is 19.3 Å². The van der Waals surface area contributed by atoms with E-state index in [1.807, 2.05) is 0 Å². The first kappa shape index (κ1) is 18.5. The number of carbonyl (C=O) groups is 4. The van der Waals surface area contributed by atoms with Gasteiger partial charge in [0.2, 0.25) is 0 Å². The molecular weight excluding hydrogens is 350 g/mol. The minimum Gasteiger partial charge on any atom is -0.457 e. The second kappa shape index (κ2) is 8.37. The average Bonchev–Trinajstić information content (AvgIpc) is 2.95. The van der Waals surface area contributed by atoms with Crippen LogP contribution in [0.4, 0.5) is 0 Å². The first-order valence-electron chi connectivity index (χ1n) is 8.39. The first-order valence-corrected chi connectivity index (χ1v) is 8.39. The topological polar surface area (TPSA) is 90.0 Å². The maximum Gasteiger partial charge on any atom is 0.379 e. The summed E-state index contributed by atoms with van der Waals surface area (Å²) >= 11 is 0. The molecule has 3 rings (SSSR count). The predicted molar refractivity (Wildman–Crippen MR) is 94.4 cm³/mol. The zero-order valence-corrected chi connectivity index (χ0v) is 14.4. The summed E-state index contributed by atoms with van der Waals surface area (Å²) in [5.74, 6) is -2.37. The summed E-state index contributed by atoms with van der Waals surface area (Å²) < 4.78 is 10.2. The summed E-state index contributed by atoms with van der Waals surface area (Å²) in [6.45, 7) is 0.162. The van der Waals surface area contributed by atoms with Crippen LogP contribution in [0.2, 0.25) is 0 Å². The van der Waals surface area contributed by atoms with Gasteiger partial charge in [-0.25, -0.2) is 4.79 Å². The van der Waals surface area contributed by atoms with E-state index in [1.54, 1.807) is 42.5 Å². The number of Topliss-reactive ketones (excluding diaryl/α,β-unsaturated/α-hetero) is 1. The second-order valence-corrected chi connectivity index (χ2v) is 5.75. The number of nitrogens with zero attached hydrogens (tertiary/aromatic N) is 1. The Labute approximate surface area is 155 Å². The summed E-state index contributed by atoms with van der Waals surface area (Å²) in [5, 5.41) is 0. The van der Waals surface area contributed by atoms with Crippen molar-refractivity contribution < 1.29 is 28.7 Å². The SMILES string of the molecule is O=C(OCCOCCN1C(=O)c2ccccc2C1=O)C(=O)c1ccccc1. The maximum absolute atomic E-state index is 12.2. The van der Waals surface area contributed by atoms with Crippen LogP contribution in [-0.4, -0.2) is 54.8 Å². The Morgan fingerprint density at radius 1 is 0.778 bits per heavy atom. The lowest BCUT2D eigenvalue weighted by Gasteiger charge is -2.13. The Morgan fingerprint density at radius 2 is 1.37 bits per heavy atom. The van der Waals surface area contributed by atoms with Gasteiger partial charge in [-0.2, -0.15) is 0 Å². The van der Waals surface area contributed by atoms with Gasteiger partial charge in [0.05, 0.1) is 30.9 Å². The van der Waals surface area contributed by atoms with Gasteiger partial charge in [0.15, 0.2) is 0 Å². The number of ketones is 1. The van der Waals surface area contributed by atoms with Gasteiger partial charge in [-0.05, 0) is 12.1 Å². The van der Waals surface area contributed by atoms with Crippen molar-refractivity contribution in [3.05, 3.63) is 71.3 Å².